The van der Waals surface area contributed by atoms with Gasteiger partial charge in [-0.3, -0.25) is 0 Å². The maximum absolute atomic E-state index is 10.9. The van der Waals surface area contributed by atoms with E-state index in [0.29, 0.717) is 0 Å². The molecule has 0 saturated carbocycles. The Bertz CT molecular complexity index is 481. The second-order valence-electron chi connectivity index (χ2n) is 6.07. The third-order valence-electron chi connectivity index (χ3n) is 4.29. The van der Waals surface area contributed by atoms with Gasteiger partial charge in [0.15, 0.2) is 12.5 Å². The zero-order valence-corrected chi connectivity index (χ0v) is 14.5. The molecule has 28 heavy (non-hydrogen) atoms. The lowest BCUT2D eigenvalue weighted by Gasteiger charge is -2.46. The molecule has 2 aliphatic heterocycles. The number of carbonyl (C=O) groups is 1. The Morgan fingerprint density at radius 2 is 1.43 bits per heavy atom. The van der Waals surface area contributed by atoms with Crippen LogP contribution in [0.3, 0.4) is 0 Å². The van der Waals surface area contributed by atoms with Crippen molar-refractivity contribution < 1.29 is 65.7 Å². The highest BCUT2D eigenvalue weighted by Crippen LogP contribution is 2.28. The van der Waals surface area contributed by atoms with E-state index in [1.165, 1.54) is 0 Å². The third-order valence-corrected chi connectivity index (χ3v) is 4.29. The summed E-state index contributed by atoms with van der Waals surface area (Å²) in [6.45, 7) is -1.39. The Morgan fingerprint density at radius 3 is 1.93 bits per heavy atom. The molecule has 2 saturated heterocycles. The van der Waals surface area contributed by atoms with Crippen LogP contribution in [-0.2, 0) is 14.2 Å². The number of nitrogens with two attached hydrogens (primary N) is 1. The number of rotatable bonds is 5. The molecule has 0 bridgehead atoms. The summed E-state index contributed by atoms with van der Waals surface area (Å²) in [6, 6.07) is -1.04. The smallest absolute Gasteiger partial charge is 0.314 e. The van der Waals surface area contributed by atoms with Crippen LogP contribution >= 0.6 is 0 Å². The van der Waals surface area contributed by atoms with Crippen LogP contribution in [0.15, 0.2) is 0 Å². The molecule has 10 atom stereocenters. The molecule has 168 valence electrons. The first-order valence-electron chi connectivity index (χ1n) is 7.85. The predicted octanol–water partition coefficient (Wildman–Crippen LogP) is -7.37. The summed E-state index contributed by atoms with van der Waals surface area (Å²) in [5.74, 6) is 0. The molecule has 0 aromatic carbocycles. The van der Waals surface area contributed by atoms with Crippen molar-refractivity contribution in [2.24, 2.45) is 5.73 Å². The fraction of sp³-hybridized carbons (Fsp3) is 0.923. The lowest BCUT2D eigenvalue weighted by Crippen LogP contribution is -2.66. The van der Waals surface area contributed by atoms with E-state index < -0.39 is 80.6 Å². The van der Waals surface area contributed by atoms with Gasteiger partial charge in [0.05, 0.1) is 13.2 Å². The number of primary amides is 1. The zero-order chi connectivity index (χ0) is 19.6. The number of carbonyl (C=O) groups excluding carboxylic acids is 1. The van der Waals surface area contributed by atoms with Gasteiger partial charge in [-0.1, -0.05) is 0 Å². The molecule has 0 radical (unpaired) electrons. The summed E-state index contributed by atoms with van der Waals surface area (Å²) in [7, 11) is 0. The van der Waals surface area contributed by atoms with E-state index in [9.17, 15) is 35.4 Å². The summed E-state index contributed by atoms with van der Waals surface area (Å²) >= 11 is 0. The molecule has 10 unspecified atom stereocenters. The molecule has 14 N–H and O–H groups in total. The number of hydrogen-bond donors (Lipinski definition) is 9. The van der Waals surface area contributed by atoms with Gasteiger partial charge in [-0.15, -0.1) is 0 Å². The first-order valence-corrected chi connectivity index (χ1v) is 7.85. The van der Waals surface area contributed by atoms with Crippen LogP contribution in [0.5, 0.6) is 0 Å². The van der Waals surface area contributed by atoms with Gasteiger partial charge in [0.25, 0.3) is 0 Å². The number of aliphatic hydroxyl groups is 7. The van der Waals surface area contributed by atoms with E-state index in [0.717, 1.165) is 0 Å². The highest BCUT2D eigenvalue weighted by atomic mass is 16.7. The number of nitrogens with one attached hydrogen (secondary N) is 1. The molecule has 0 spiro atoms. The van der Waals surface area contributed by atoms with Crippen LogP contribution in [0.2, 0.25) is 0 Å². The minimum absolute atomic E-state index is 0. The number of amides is 2. The van der Waals surface area contributed by atoms with Gasteiger partial charge < -0.3 is 72.0 Å². The normalized spacial score (nSPS) is 43.4. The van der Waals surface area contributed by atoms with E-state index in [1.807, 2.05) is 5.32 Å². The van der Waals surface area contributed by atoms with Gasteiger partial charge in [-0.25, -0.2) is 4.79 Å². The van der Waals surface area contributed by atoms with Gasteiger partial charge in [0.2, 0.25) is 0 Å². The van der Waals surface area contributed by atoms with Gasteiger partial charge in [0, 0.05) is 0 Å². The summed E-state index contributed by atoms with van der Waals surface area (Å²) in [5, 5.41) is 70.3. The van der Waals surface area contributed by atoms with Crippen LogP contribution in [0.4, 0.5) is 4.79 Å². The number of hydrogen-bond acceptors (Lipinski definition) is 11. The fourth-order valence-electron chi connectivity index (χ4n) is 2.85. The molecule has 2 fully saturated rings. The molecule has 2 heterocycles. The van der Waals surface area contributed by atoms with Crippen LogP contribution < -0.4 is 11.1 Å². The molecule has 2 amide bonds. The van der Waals surface area contributed by atoms with Crippen molar-refractivity contribution in [3.8, 4) is 0 Å². The molecular formula is C13H28N2O13. The van der Waals surface area contributed by atoms with Crippen molar-refractivity contribution in [2.45, 2.75) is 61.3 Å². The summed E-state index contributed by atoms with van der Waals surface area (Å²) in [4.78, 5) is 10.9. The molecule has 15 heteroatoms. The lowest BCUT2D eigenvalue weighted by atomic mass is 9.96. The topological polar surface area (TPSA) is 287 Å². The van der Waals surface area contributed by atoms with Crippen molar-refractivity contribution >= 4 is 6.03 Å². The zero-order valence-electron chi connectivity index (χ0n) is 14.5. The summed E-state index contributed by atoms with van der Waals surface area (Å²) in [5.41, 5.74) is 4.93. The van der Waals surface area contributed by atoms with E-state index in [-0.39, 0.29) is 11.0 Å². The van der Waals surface area contributed by atoms with Crippen molar-refractivity contribution in [3.05, 3.63) is 0 Å². The Labute approximate surface area is 158 Å². The van der Waals surface area contributed by atoms with Crippen LogP contribution in [0.1, 0.15) is 0 Å². The standard InChI is InChI=1S/C13H24N2O11.2H2O/c14-13(23)15-11-8(21)7(20)10(4(2-17)24-11)26-12-9(22)6(19)5(18)3(1-16)25-12;;/h3-12,16-22H,1-2H2,(H3,14,15,23);2*1H2. The highest BCUT2D eigenvalue weighted by molar-refractivity contribution is 5.71. The quantitative estimate of drug-likeness (QED) is 0.201. The SMILES string of the molecule is NC(=O)NC1OC(CO)C(OC2OC(CO)C(O)C(O)C2O)C(O)C1O.O.O. The molecule has 2 rings (SSSR count). The Morgan fingerprint density at radius 1 is 0.857 bits per heavy atom. The summed E-state index contributed by atoms with van der Waals surface area (Å²) in [6.07, 6.45) is -15.5. The predicted molar refractivity (Wildman–Crippen MR) is 86.3 cm³/mol. The third kappa shape index (κ3) is 5.44. The fourth-order valence-corrected chi connectivity index (χ4v) is 2.85. The molecule has 0 aliphatic carbocycles. The average molecular weight is 420 g/mol. The Hall–Kier alpha value is -1.21. The Balaban J connectivity index is 0.00000364. The van der Waals surface area contributed by atoms with Gasteiger partial charge in [0.1, 0.15) is 48.8 Å². The minimum Gasteiger partial charge on any atom is -0.412 e. The van der Waals surface area contributed by atoms with E-state index in [1.54, 1.807) is 0 Å². The summed E-state index contributed by atoms with van der Waals surface area (Å²) < 4.78 is 15.7. The second-order valence-corrected chi connectivity index (χ2v) is 6.07. The molecule has 0 aromatic rings. The van der Waals surface area contributed by atoms with E-state index in [2.05, 4.69) is 0 Å². The van der Waals surface area contributed by atoms with Crippen molar-refractivity contribution in [1.82, 2.24) is 5.32 Å². The van der Waals surface area contributed by atoms with Crippen molar-refractivity contribution in [2.75, 3.05) is 13.2 Å². The number of urea groups is 1. The van der Waals surface area contributed by atoms with Gasteiger partial charge >= 0.3 is 6.03 Å². The van der Waals surface area contributed by atoms with Gasteiger partial charge in [-0.2, -0.15) is 0 Å². The van der Waals surface area contributed by atoms with Crippen LogP contribution in [0.25, 0.3) is 0 Å². The van der Waals surface area contributed by atoms with Crippen LogP contribution in [0, 0.1) is 0 Å². The van der Waals surface area contributed by atoms with Crippen molar-refractivity contribution in [3.63, 3.8) is 0 Å². The van der Waals surface area contributed by atoms with E-state index >= 15 is 0 Å². The molecular weight excluding hydrogens is 392 g/mol. The monoisotopic (exact) mass is 420 g/mol. The average Bonchev–Trinajstić information content (AvgIpc) is 2.60. The van der Waals surface area contributed by atoms with Crippen LogP contribution in [-0.4, -0.2) is 127 Å². The minimum atomic E-state index is -1.75. The largest absolute Gasteiger partial charge is 0.412 e. The maximum atomic E-state index is 10.9. The first kappa shape index (κ1) is 26.8. The lowest BCUT2D eigenvalue weighted by molar-refractivity contribution is -0.342. The molecule has 15 nitrogen and oxygen atoms in total. The second kappa shape index (κ2) is 11.1. The highest BCUT2D eigenvalue weighted by Gasteiger charge is 2.50. The maximum Gasteiger partial charge on any atom is 0.314 e. The van der Waals surface area contributed by atoms with Crippen molar-refractivity contribution in [1.29, 1.82) is 0 Å². The first-order chi connectivity index (χ1) is 12.2. The molecule has 0 aromatic heterocycles. The number of ether oxygens (including phenoxy) is 3. The van der Waals surface area contributed by atoms with Gasteiger partial charge in [-0.05, 0) is 0 Å². The number of aliphatic hydroxyl groups excluding tert-OH is 7. The molecule has 2 aliphatic rings. The Kier molecular flexibility index (Phi) is 10.6. The van der Waals surface area contributed by atoms with E-state index in [4.69, 9.17) is 25.1 Å².